The number of hydrogen-bond acceptors (Lipinski definition) is 3. The topological polar surface area (TPSA) is 49.9 Å². The number of likely N-dealkylation sites (tertiary alicyclic amines) is 1. The number of amides is 2. The molecule has 2 amide bonds. The van der Waals surface area contributed by atoms with E-state index in [1.807, 2.05) is 0 Å². The highest BCUT2D eigenvalue weighted by Gasteiger charge is 2.38. The van der Waals surface area contributed by atoms with E-state index in [1.54, 1.807) is 20.8 Å². The van der Waals surface area contributed by atoms with Gasteiger partial charge in [0.25, 0.3) is 0 Å². The highest BCUT2D eigenvalue weighted by Crippen LogP contribution is 2.25. The lowest BCUT2D eigenvalue weighted by molar-refractivity contribution is -0.122. The first-order valence-corrected chi connectivity index (χ1v) is 7.82. The van der Waals surface area contributed by atoms with Gasteiger partial charge in [-0.25, -0.2) is 13.6 Å². The van der Waals surface area contributed by atoms with Crippen molar-refractivity contribution < 1.29 is 23.1 Å². The van der Waals surface area contributed by atoms with Crippen molar-refractivity contribution in [2.75, 3.05) is 18.5 Å². The molecule has 0 saturated carbocycles. The summed E-state index contributed by atoms with van der Waals surface area (Å²) in [5, 5.41) is 0. The summed E-state index contributed by atoms with van der Waals surface area (Å²) in [5.41, 5.74) is -0.422. The standard InChI is InChI=1S/C17H22F2N2O3/c1-17(2,3)24-16(23)21-9-5-6-14(21)15(22)20(4)11-7-8-12(18)13(19)10-11/h7-8,10,14H,5-6,9H2,1-4H3. The van der Waals surface area contributed by atoms with Crippen LogP contribution in [0.25, 0.3) is 0 Å². The number of halogens is 2. The molecular formula is C17H22F2N2O3. The van der Waals surface area contributed by atoms with Gasteiger partial charge in [0.2, 0.25) is 5.91 Å². The number of rotatable bonds is 2. The van der Waals surface area contributed by atoms with Crippen LogP contribution in [0, 0.1) is 11.6 Å². The van der Waals surface area contributed by atoms with Crippen LogP contribution < -0.4 is 4.90 Å². The van der Waals surface area contributed by atoms with Crippen LogP contribution in [-0.4, -0.2) is 42.1 Å². The molecule has 7 heteroatoms. The van der Waals surface area contributed by atoms with Crippen LogP contribution in [0.3, 0.4) is 0 Å². The van der Waals surface area contributed by atoms with Gasteiger partial charge in [-0.3, -0.25) is 9.69 Å². The number of likely N-dealkylation sites (N-methyl/N-ethyl adjacent to an activating group) is 1. The van der Waals surface area contributed by atoms with Crippen LogP contribution in [0.15, 0.2) is 18.2 Å². The van der Waals surface area contributed by atoms with E-state index in [-0.39, 0.29) is 11.6 Å². The van der Waals surface area contributed by atoms with Gasteiger partial charge in [-0.05, 0) is 45.7 Å². The Hall–Kier alpha value is -2.18. The maximum atomic E-state index is 13.4. The molecule has 5 nitrogen and oxygen atoms in total. The van der Waals surface area contributed by atoms with Crippen molar-refractivity contribution >= 4 is 17.7 Å². The SMILES string of the molecule is CN(C(=O)C1CCCN1C(=O)OC(C)(C)C)c1ccc(F)c(F)c1. The van der Waals surface area contributed by atoms with Crippen molar-refractivity contribution in [1.82, 2.24) is 4.90 Å². The van der Waals surface area contributed by atoms with E-state index in [2.05, 4.69) is 0 Å². The predicted octanol–water partition coefficient (Wildman–Crippen LogP) is 3.33. The van der Waals surface area contributed by atoms with Gasteiger partial charge >= 0.3 is 6.09 Å². The van der Waals surface area contributed by atoms with Gasteiger partial charge in [-0.15, -0.1) is 0 Å². The second-order valence-corrected chi connectivity index (χ2v) is 6.83. The third-order valence-corrected chi connectivity index (χ3v) is 3.79. The number of carbonyl (C=O) groups is 2. The number of hydrogen-bond donors (Lipinski definition) is 0. The Morgan fingerprint density at radius 2 is 1.92 bits per heavy atom. The van der Waals surface area contributed by atoms with Gasteiger partial charge in [0.1, 0.15) is 11.6 Å². The number of ether oxygens (including phenoxy) is 1. The van der Waals surface area contributed by atoms with Crippen molar-refractivity contribution in [3.8, 4) is 0 Å². The molecule has 1 aliphatic rings. The largest absolute Gasteiger partial charge is 0.444 e. The lowest BCUT2D eigenvalue weighted by atomic mass is 10.1. The van der Waals surface area contributed by atoms with Crippen molar-refractivity contribution in [1.29, 1.82) is 0 Å². The normalized spacial score (nSPS) is 17.8. The molecule has 0 N–H and O–H groups in total. The van der Waals surface area contributed by atoms with Crippen LogP contribution in [0.4, 0.5) is 19.3 Å². The van der Waals surface area contributed by atoms with E-state index < -0.39 is 29.4 Å². The summed E-state index contributed by atoms with van der Waals surface area (Å²) >= 11 is 0. The van der Waals surface area contributed by atoms with Gasteiger partial charge in [-0.2, -0.15) is 0 Å². The second-order valence-electron chi connectivity index (χ2n) is 6.83. The molecule has 2 rings (SSSR count). The van der Waals surface area contributed by atoms with Crippen LogP contribution in [0.1, 0.15) is 33.6 Å². The van der Waals surface area contributed by atoms with E-state index in [9.17, 15) is 18.4 Å². The first kappa shape index (κ1) is 18.2. The van der Waals surface area contributed by atoms with E-state index in [4.69, 9.17) is 4.74 Å². The van der Waals surface area contributed by atoms with Crippen LogP contribution in [0.2, 0.25) is 0 Å². The Labute approximate surface area is 140 Å². The summed E-state index contributed by atoms with van der Waals surface area (Å²) in [5.74, 6) is -2.36. The summed E-state index contributed by atoms with van der Waals surface area (Å²) in [6.07, 6.45) is 0.643. The molecule has 1 atom stereocenters. The molecule has 24 heavy (non-hydrogen) atoms. The van der Waals surface area contributed by atoms with E-state index in [1.165, 1.54) is 22.9 Å². The van der Waals surface area contributed by atoms with Crippen LogP contribution in [-0.2, 0) is 9.53 Å². The van der Waals surface area contributed by atoms with Crippen LogP contribution in [0.5, 0.6) is 0 Å². The molecule has 0 bridgehead atoms. The van der Waals surface area contributed by atoms with Crippen molar-refractivity contribution in [3.05, 3.63) is 29.8 Å². The Morgan fingerprint density at radius 1 is 1.25 bits per heavy atom. The Kier molecular flexibility index (Phi) is 5.11. The zero-order valence-corrected chi connectivity index (χ0v) is 14.3. The first-order valence-electron chi connectivity index (χ1n) is 7.82. The number of nitrogens with zero attached hydrogens (tertiary/aromatic N) is 2. The minimum absolute atomic E-state index is 0.231. The Bertz CT molecular complexity index is 643. The quantitative estimate of drug-likeness (QED) is 0.830. The van der Waals surface area contributed by atoms with E-state index >= 15 is 0 Å². The minimum atomic E-state index is -1.03. The van der Waals surface area contributed by atoms with Gasteiger partial charge in [-0.1, -0.05) is 0 Å². The van der Waals surface area contributed by atoms with Gasteiger partial charge in [0.15, 0.2) is 11.6 Å². The number of anilines is 1. The molecule has 0 aliphatic carbocycles. The highest BCUT2D eigenvalue weighted by molar-refractivity contribution is 5.98. The monoisotopic (exact) mass is 340 g/mol. The summed E-state index contributed by atoms with van der Waals surface area (Å²) in [7, 11) is 1.47. The molecule has 0 spiro atoms. The van der Waals surface area contributed by atoms with Crippen molar-refractivity contribution in [2.45, 2.75) is 45.3 Å². The maximum Gasteiger partial charge on any atom is 0.410 e. The third-order valence-electron chi connectivity index (χ3n) is 3.79. The molecule has 1 aliphatic heterocycles. The molecule has 0 aromatic heterocycles. The highest BCUT2D eigenvalue weighted by atomic mass is 19.2. The lowest BCUT2D eigenvalue weighted by Gasteiger charge is -2.30. The van der Waals surface area contributed by atoms with Gasteiger partial charge in [0, 0.05) is 25.3 Å². The number of benzene rings is 1. The molecular weight excluding hydrogens is 318 g/mol. The number of carbonyl (C=O) groups excluding carboxylic acids is 2. The lowest BCUT2D eigenvalue weighted by Crippen LogP contribution is -2.48. The minimum Gasteiger partial charge on any atom is -0.444 e. The van der Waals surface area contributed by atoms with Gasteiger partial charge < -0.3 is 9.64 Å². The molecule has 1 heterocycles. The molecule has 132 valence electrons. The van der Waals surface area contributed by atoms with E-state index in [0.717, 1.165) is 12.1 Å². The Balaban J connectivity index is 2.15. The van der Waals surface area contributed by atoms with Crippen molar-refractivity contribution in [3.63, 3.8) is 0 Å². The smallest absolute Gasteiger partial charge is 0.410 e. The maximum absolute atomic E-state index is 13.4. The second kappa shape index (κ2) is 6.75. The average molecular weight is 340 g/mol. The Morgan fingerprint density at radius 3 is 2.50 bits per heavy atom. The summed E-state index contributed by atoms with van der Waals surface area (Å²) in [4.78, 5) is 27.6. The fourth-order valence-corrected chi connectivity index (χ4v) is 2.61. The molecule has 1 unspecified atom stereocenters. The van der Waals surface area contributed by atoms with Crippen molar-refractivity contribution in [2.24, 2.45) is 0 Å². The zero-order chi connectivity index (χ0) is 18.1. The molecule has 0 radical (unpaired) electrons. The molecule has 1 aromatic rings. The molecule has 1 fully saturated rings. The molecule has 1 saturated heterocycles. The summed E-state index contributed by atoms with van der Waals surface area (Å²) in [6, 6.07) is 2.58. The fourth-order valence-electron chi connectivity index (χ4n) is 2.61. The fraction of sp³-hybridized carbons (Fsp3) is 0.529. The van der Waals surface area contributed by atoms with Crippen LogP contribution >= 0.6 is 0 Å². The third kappa shape index (κ3) is 4.01. The zero-order valence-electron chi connectivity index (χ0n) is 14.3. The summed E-state index contributed by atoms with van der Waals surface area (Å²) in [6.45, 7) is 5.69. The summed E-state index contributed by atoms with van der Waals surface area (Å²) < 4.78 is 31.7. The molecule has 1 aromatic carbocycles. The average Bonchev–Trinajstić information content (AvgIpc) is 2.96. The van der Waals surface area contributed by atoms with E-state index in [0.29, 0.717) is 19.4 Å². The first-order chi connectivity index (χ1) is 11.1. The van der Waals surface area contributed by atoms with Gasteiger partial charge in [0.05, 0.1) is 0 Å². The predicted molar refractivity (Wildman–Crippen MR) is 85.7 cm³/mol.